The summed E-state index contributed by atoms with van der Waals surface area (Å²) in [6.07, 6.45) is 2.23. The number of fused-ring (bicyclic) bond motifs is 1. The van der Waals surface area contributed by atoms with Crippen LogP contribution in [-0.4, -0.2) is 30.3 Å². The molecule has 0 aliphatic rings. The highest BCUT2D eigenvalue weighted by Crippen LogP contribution is 2.34. The first-order valence-corrected chi connectivity index (χ1v) is 8.93. The summed E-state index contributed by atoms with van der Waals surface area (Å²) in [5.41, 5.74) is 7.65. The molecule has 26 heavy (non-hydrogen) atoms. The number of aryl methyl sites for hydroxylation is 1. The molecule has 0 spiro atoms. The van der Waals surface area contributed by atoms with Crippen LogP contribution in [0.5, 0.6) is 5.75 Å². The number of pyridine rings is 1. The van der Waals surface area contributed by atoms with Crippen molar-refractivity contribution in [1.29, 1.82) is 0 Å². The molecule has 0 bridgehead atoms. The molecule has 0 saturated heterocycles. The van der Waals surface area contributed by atoms with Gasteiger partial charge in [-0.1, -0.05) is 19.9 Å². The Morgan fingerprint density at radius 1 is 1.35 bits per heavy atom. The normalized spacial score (nSPS) is 11.4. The van der Waals surface area contributed by atoms with Crippen molar-refractivity contribution < 1.29 is 14.3 Å². The second-order valence-electron chi connectivity index (χ2n) is 6.94. The summed E-state index contributed by atoms with van der Waals surface area (Å²) in [5, 5.41) is 3.50. The van der Waals surface area contributed by atoms with Gasteiger partial charge in [-0.25, -0.2) is 0 Å². The summed E-state index contributed by atoms with van der Waals surface area (Å²) in [6, 6.07) is 5.44. The maximum atomic E-state index is 12.3. The van der Waals surface area contributed by atoms with Crippen molar-refractivity contribution >= 4 is 28.8 Å². The minimum Gasteiger partial charge on any atom is -0.492 e. The average molecular weight is 357 g/mol. The number of aldehydes is 1. The molecule has 0 atom stereocenters. The molecule has 1 heterocycles. The van der Waals surface area contributed by atoms with Gasteiger partial charge in [0, 0.05) is 6.54 Å². The van der Waals surface area contributed by atoms with E-state index in [0.29, 0.717) is 46.6 Å². The van der Waals surface area contributed by atoms with Crippen LogP contribution in [-0.2, 0) is 11.2 Å². The zero-order chi connectivity index (χ0) is 19.3. The summed E-state index contributed by atoms with van der Waals surface area (Å²) >= 11 is 0. The van der Waals surface area contributed by atoms with Crippen LogP contribution < -0.4 is 15.8 Å². The molecule has 6 heteroatoms. The average Bonchev–Trinajstić information content (AvgIpc) is 2.63. The monoisotopic (exact) mass is 357 g/mol. The Kier molecular flexibility index (Phi) is 6.18. The van der Waals surface area contributed by atoms with Crippen LogP contribution >= 0.6 is 0 Å². The summed E-state index contributed by atoms with van der Waals surface area (Å²) in [7, 11) is 0. The van der Waals surface area contributed by atoms with Gasteiger partial charge in [0.05, 0.1) is 33.3 Å². The highest BCUT2D eigenvalue weighted by Gasteiger charge is 2.28. The number of carbonyl (C=O) groups is 2. The van der Waals surface area contributed by atoms with Gasteiger partial charge in [-0.05, 0) is 38.8 Å². The van der Waals surface area contributed by atoms with E-state index < -0.39 is 5.41 Å². The van der Waals surface area contributed by atoms with Gasteiger partial charge in [-0.2, -0.15) is 0 Å². The second kappa shape index (κ2) is 8.17. The molecular formula is C20H27N3O3. The van der Waals surface area contributed by atoms with E-state index in [1.807, 2.05) is 39.8 Å². The maximum Gasteiger partial charge on any atom is 0.229 e. The first kappa shape index (κ1) is 19.7. The number of ether oxygens (including phenoxy) is 1. The third kappa shape index (κ3) is 3.95. The lowest BCUT2D eigenvalue weighted by Gasteiger charge is -2.24. The topological polar surface area (TPSA) is 94.3 Å². The van der Waals surface area contributed by atoms with Crippen LogP contribution in [0.25, 0.3) is 10.9 Å². The van der Waals surface area contributed by atoms with Gasteiger partial charge in [-0.3, -0.25) is 14.6 Å². The van der Waals surface area contributed by atoms with E-state index in [1.54, 1.807) is 6.07 Å². The van der Waals surface area contributed by atoms with Crippen molar-refractivity contribution in [3.8, 4) is 5.75 Å². The number of rotatable bonds is 8. The van der Waals surface area contributed by atoms with Gasteiger partial charge in [0.15, 0.2) is 6.29 Å². The van der Waals surface area contributed by atoms with E-state index in [1.165, 1.54) is 0 Å². The number of hydrogen-bond donors (Lipinski definition) is 2. The zero-order valence-electron chi connectivity index (χ0n) is 15.9. The van der Waals surface area contributed by atoms with E-state index in [9.17, 15) is 9.59 Å². The van der Waals surface area contributed by atoms with Gasteiger partial charge in [0.1, 0.15) is 12.4 Å². The van der Waals surface area contributed by atoms with Crippen molar-refractivity contribution in [3.05, 3.63) is 29.5 Å². The largest absolute Gasteiger partial charge is 0.492 e. The van der Waals surface area contributed by atoms with E-state index in [4.69, 9.17) is 10.5 Å². The molecule has 0 fully saturated rings. The van der Waals surface area contributed by atoms with Crippen molar-refractivity contribution in [1.82, 2.24) is 10.3 Å². The van der Waals surface area contributed by atoms with Crippen LogP contribution in [0.15, 0.2) is 18.2 Å². The Bertz CT molecular complexity index is 816. The number of nitrogens with zero attached hydrogens (tertiary/aromatic N) is 1. The Labute approximate surface area is 154 Å². The van der Waals surface area contributed by atoms with E-state index in [2.05, 4.69) is 10.3 Å². The summed E-state index contributed by atoms with van der Waals surface area (Å²) in [4.78, 5) is 28.3. The number of nitrogens with one attached hydrogen (secondary N) is 1. The Hall–Kier alpha value is -2.63. The van der Waals surface area contributed by atoms with Crippen molar-refractivity contribution in [2.75, 3.05) is 18.9 Å². The standard InChI is InChI=1S/C20H27N3O3/c1-5-10-22-19(25)20(3,4)12-26-16-9-7-8-15-17(16)18(21)13(11-24)14(6-2)23-15/h7-9,11H,5-6,10,12H2,1-4H3,(H2,21,23)(H,22,25). The highest BCUT2D eigenvalue weighted by molar-refractivity contribution is 6.03. The lowest BCUT2D eigenvalue weighted by molar-refractivity contribution is -0.130. The summed E-state index contributed by atoms with van der Waals surface area (Å²) < 4.78 is 5.94. The molecule has 0 radical (unpaired) electrons. The fourth-order valence-corrected chi connectivity index (χ4v) is 2.70. The first-order chi connectivity index (χ1) is 12.4. The molecule has 1 aromatic heterocycles. The van der Waals surface area contributed by atoms with E-state index in [-0.39, 0.29) is 12.5 Å². The molecule has 140 valence electrons. The number of benzene rings is 1. The van der Waals surface area contributed by atoms with Crippen molar-refractivity contribution in [2.45, 2.75) is 40.5 Å². The molecule has 0 aliphatic carbocycles. The van der Waals surface area contributed by atoms with Crippen molar-refractivity contribution in [2.24, 2.45) is 5.41 Å². The third-order valence-electron chi connectivity index (χ3n) is 4.32. The Morgan fingerprint density at radius 2 is 2.08 bits per heavy atom. The minimum atomic E-state index is -0.698. The van der Waals surface area contributed by atoms with Crippen LogP contribution in [0, 0.1) is 5.41 Å². The van der Waals surface area contributed by atoms with Gasteiger partial charge in [0.2, 0.25) is 5.91 Å². The number of nitrogens with two attached hydrogens (primary N) is 1. The SMILES string of the molecule is CCCNC(=O)C(C)(C)COc1cccc2nc(CC)c(C=O)c(N)c12. The smallest absolute Gasteiger partial charge is 0.229 e. The number of hydrogen-bond acceptors (Lipinski definition) is 5. The number of anilines is 1. The quantitative estimate of drug-likeness (QED) is 0.708. The van der Waals surface area contributed by atoms with Gasteiger partial charge in [-0.15, -0.1) is 0 Å². The summed E-state index contributed by atoms with van der Waals surface area (Å²) in [5.74, 6) is 0.460. The molecule has 6 nitrogen and oxygen atoms in total. The second-order valence-corrected chi connectivity index (χ2v) is 6.94. The molecule has 0 saturated carbocycles. The Morgan fingerprint density at radius 3 is 2.69 bits per heavy atom. The summed E-state index contributed by atoms with van der Waals surface area (Å²) in [6.45, 7) is 8.42. The van der Waals surface area contributed by atoms with Gasteiger partial charge >= 0.3 is 0 Å². The number of amides is 1. The first-order valence-electron chi connectivity index (χ1n) is 8.93. The van der Waals surface area contributed by atoms with Crippen LogP contribution in [0.3, 0.4) is 0 Å². The Balaban J connectivity index is 2.36. The van der Waals surface area contributed by atoms with Crippen molar-refractivity contribution in [3.63, 3.8) is 0 Å². The van der Waals surface area contributed by atoms with E-state index >= 15 is 0 Å². The molecule has 1 aromatic carbocycles. The lowest BCUT2D eigenvalue weighted by atomic mass is 9.93. The molecule has 2 rings (SSSR count). The number of aromatic nitrogens is 1. The molecule has 1 amide bonds. The minimum absolute atomic E-state index is 0.0625. The highest BCUT2D eigenvalue weighted by atomic mass is 16.5. The molecule has 0 aliphatic heterocycles. The zero-order valence-corrected chi connectivity index (χ0v) is 15.9. The molecule has 3 N–H and O–H groups in total. The van der Waals surface area contributed by atoms with Crippen LogP contribution in [0.1, 0.15) is 50.2 Å². The maximum absolute atomic E-state index is 12.3. The lowest BCUT2D eigenvalue weighted by Crippen LogP contribution is -2.41. The molecule has 0 unspecified atom stereocenters. The van der Waals surface area contributed by atoms with Gasteiger partial charge in [0.25, 0.3) is 0 Å². The number of nitrogen functional groups attached to an aromatic ring is 1. The fraction of sp³-hybridized carbons (Fsp3) is 0.450. The molecule has 2 aromatic rings. The predicted octanol–water partition coefficient (Wildman–Crippen LogP) is 3.12. The molecular weight excluding hydrogens is 330 g/mol. The predicted molar refractivity (Wildman–Crippen MR) is 103 cm³/mol. The van der Waals surface area contributed by atoms with Crippen LogP contribution in [0.4, 0.5) is 5.69 Å². The third-order valence-corrected chi connectivity index (χ3v) is 4.32. The van der Waals surface area contributed by atoms with E-state index in [0.717, 1.165) is 12.7 Å². The van der Waals surface area contributed by atoms with Gasteiger partial charge < -0.3 is 15.8 Å². The fourth-order valence-electron chi connectivity index (χ4n) is 2.70. The van der Waals surface area contributed by atoms with Crippen LogP contribution in [0.2, 0.25) is 0 Å². The number of carbonyl (C=O) groups excluding carboxylic acids is 2.